The molecule has 0 bridgehead atoms. The topological polar surface area (TPSA) is 76.5 Å². The number of likely N-dealkylation sites (tertiary alicyclic amines) is 1. The summed E-state index contributed by atoms with van der Waals surface area (Å²) in [6.07, 6.45) is 1.52. The fourth-order valence-electron chi connectivity index (χ4n) is 3.17. The molecule has 1 fully saturated rings. The van der Waals surface area contributed by atoms with Crippen LogP contribution in [0.1, 0.15) is 40.0 Å². The summed E-state index contributed by atoms with van der Waals surface area (Å²) < 4.78 is 7.77. The van der Waals surface area contributed by atoms with Crippen LogP contribution in [0.4, 0.5) is 10.6 Å². The molecule has 1 aliphatic heterocycles. The molecule has 0 spiro atoms. The summed E-state index contributed by atoms with van der Waals surface area (Å²) in [5, 5.41) is 7.33. The maximum atomic E-state index is 12.6. The Labute approximate surface area is 173 Å². The van der Waals surface area contributed by atoms with Gasteiger partial charge in [-0.1, -0.05) is 11.6 Å². The van der Waals surface area contributed by atoms with Gasteiger partial charge >= 0.3 is 6.09 Å². The van der Waals surface area contributed by atoms with Crippen molar-refractivity contribution in [1.29, 1.82) is 0 Å². The Kier molecular flexibility index (Phi) is 6.00. The normalized spacial score (nSPS) is 17.0. The van der Waals surface area contributed by atoms with Gasteiger partial charge in [0.1, 0.15) is 17.1 Å². The zero-order chi connectivity index (χ0) is 20.5. The molecule has 2 aromatic heterocycles. The van der Waals surface area contributed by atoms with Gasteiger partial charge in [0, 0.05) is 32.1 Å². The van der Waals surface area contributed by atoms with Crippen molar-refractivity contribution in [3.8, 4) is 10.6 Å². The maximum Gasteiger partial charge on any atom is 0.410 e. The van der Waals surface area contributed by atoms with Gasteiger partial charge in [0.05, 0.1) is 9.21 Å². The predicted molar refractivity (Wildman–Crippen MR) is 111 cm³/mol. The summed E-state index contributed by atoms with van der Waals surface area (Å²) in [6, 6.07) is 5.39. The van der Waals surface area contributed by atoms with Gasteiger partial charge in [0.15, 0.2) is 0 Å². The smallest absolute Gasteiger partial charge is 0.410 e. The molecule has 0 aromatic carbocycles. The summed E-state index contributed by atoms with van der Waals surface area (Å²) >= 11 is 7.42. The van der Waals surface area contributed by atoms with Crippen LogP contribution in [0.15, 0.2) is 18.2 Å². The van der Waals surface area contributed by atoms with E-state index in [0.29, 0.717) is 16.7 Å². The van der Waals surface area contributed by atoms with Crippen molar-refractivity contribution in [1.82, 2.24) is 14.7 Å². The molecule has 0 aliphatic carbocycles. The lowest BCUT2D eigenvalue weighted by Crippen LogP contribution is -2.41. The number of nitrogens with zero attached hydrogens (tertiary/aromatic N) is 3. The first-order chi connectivity index (χ1) is 13.1. The molecule has 3 heterocycles. The first kappa shape index (κ1) is 20.7. The third-order valence-corrected chi connectivity index (χ3v) is 5.65. The van der Waals surface area contributed by atoms with Crippen LogP contribution in [0.25, 0.3) is 10.6 Å². The number of nitrogens with one attached hydrogen (secondary N) is 1. The summed E-state index contributed by atoms with van der Waals surface area (Å²) in [6.45, 7) is 6.12. The molecule has 3 rings (SSSR count). The van der Waals surface area contributed by atoms with E-state index in [1.54, 1.807) is 16.6 Å². The molecule has 0 saturated carbocycles. The minimum Gasteiger partial charge on any atom is -0.444 e. The van der Waals surface area contributed by atoms with Crippen LogP contribution in [0.2, 0.25) is 4.34 Å². The summed E-state index contributed by atoms with van der Waals surface area (Å²) in [7, 11) is 1.77. The summed E-state index contributed by atoms with van der Waals surface area (Å²) in [5.41, 5.74) is 0.202. The van der Waals surface area contributed by atoms with E-state index in [0.717, 1.165) is 23.4 Å². The Morgan fingerprint density at radius 1 is 1.39 bits per heavy atom. The molecule has 2 amide bonds. The van der Waals surface area contributed by atoms with Crippen LogP contribution in [-0.2, 0) is 16.6 Å². The molecule has 1 atom stereocenters. The number of hydrogen-bond donors (Lipinski definition) is 1. The van der Waals surface area contributed by atoms with Crippen molar-refractivity contribution in [2.45, 2.75) is 51.7 Å². The van der Waals surface area contributed by atoms with E-state index in [-0.39, 0.29) is 24.5 Å². The Morgan fingerprint density at radius 3 is 2.79 bits per heavy atom. The number of carbonyl (C=O) groups is 2. The van der Waals surface area contributed by atoms with Crippen molar-refractivity contribution in [3.05, 3.63) is 22.5 Å². The molecule has 9 heteroatoms. The molecule has 2 aromatic rings. The van der Waals surface area contributed by atoms with E-state index in [4.69, 9.17) is 16.3 Å². The van der Waals surface area contributed by atoms with Crippen LogP contribution < -0.4 is 5.32 Å². The monoisotopic (exact) mass is 424 g/mol. The van der Waals surface area contributed by atoms with Gasteiger partial charge in [-0.2, -0.15) is 5.10 Å². The number of aromatic nitrogens is 2. The van der Waals surface area contributed by atoms with Crippen LogP contribution in [0.3, 0.4) is 0 Å². The number of aryl methyl sites for hydroxylation is 1. The maximum absolute atomic E-state index is 12.6. The second-order valence-electron chi connectivity index (χ2n) is 7.86. The molecular weight excluding hydrogens is 400 g/mol. The summed E-state index contributed by atoms with van der Waals surface area (Å²) in [4.78, 5) is 27.5. The van der Waals surface area contributed by atoms with E-state index >= 15 is 0 Å². The molecule has 1 unspecified atom stereocenters. The van der Waals surface area contributed by atoms with Crippen LogP contribution in [0, 0.1) is 0 Å². The predicted octanol–water partition coefficient (Wildman–Crippen LogP) is 4.53. The zero-order valence-electron chi connectivity index (χ0n) is 16.5. The average Bonchev–Trinajstić information content (AvgIpc) is 3.27. The fraction of sp³-hybridized carbons (Fsp3) is 0.526. The molecule has 1 aliphatic rings. The number of ether oxygens (including phenoxy) is 1. The second-order valence-corrected chi connectivity index (χ2v) is 9.58. The minimum atomic E-state index is -0.553. The lowest BCUT2D eigenvalue weighted by Gasteiger charge is -2.28. The van der Waals surface area contributed by atoms with Crippen molar-refractivity contribution < 1.29 is 14.3 Å². The standard InChI is InChI=1S/C19H25ClN4O3S/c1-19(2,3)27-18(26)24-9-5-6-12(24)10-17(25)21-16-11-13(22-23(16)4)14-7-8-15(20)28-14/h7-8,11-12H,5-6,9-10H2,1-4H3,(H,21,25). The lowest BCUT2D eigenvalue weighted by molar-refractivity contribution is -0.117. The van der Waals surface area contributed by atoms with Gasteiger partial charge in [-0.25, -0.2) is 4.79 Å². The molecule has 1 saturated heterocycles. The zero-order valence-corrected chi connectivity index (χ0v) is 18.1. The molecule has 152 valence electrons. The first-order valence-electron chi connectivity index (χ1n) is 9.21. The van der Waals surface area contributed by atoms with Gasteiger partial charge in [-0.05, 0) is 45.7 Å². The van der Waals surface area contributed by atoms with Crippen LogP contribution in [-0.4, -0.2) is 44.9 Å². The second kappa shape index (κ2) is 8.13. The van der Waals surface area contributed by atoms with Crippen LogP contribution >= 0.6 is 22.9 Å². The van der Waals surface area contributed by atoms with Crippen molar-refractivity contribution in [2.75, 3.05) is 11.9 Å². The van der Waals surface area contributed by atoms with Crippen molar-refractivity contribution >= 4 is 40.8 Å². The average molecular weight is 425 g/mol. The highest BCUT2D eigenvalue weighted by molar-refractivity contribution is 7.19. The molecule has 7 nitrogen and oxygen atoms in total. The number of hydrogen-bond acceptors (Lipinski definition) is 5. The van der Waals surface area contributed by atoms with E-state index in [9.17, 15) is 9.59 Å². The quantitative estimate of drug-likeness (QED) is 0.782. The third-order valence-electron chi connectivity index (χ3n) is 4.40. The highest BCUT2D eigenvalue weighted by Gasteiger charge is 2.33. The Balaban J connectivity index is 1.62. The van der Waals surface area contributed by atoms with Crippen molar-refractivity contribution in [2.24, 2.45) is 7.05 Å². The lowest BCUT2D eigenvalue weighted by atomic mass is 10.1. The van der Waals surface area contributed by atoms with Gasteiger partial charge in [-0.15, -0.1) is 11.3 Å². The molecule has 0 radical (unpaired) electrons. The van der Waals surface area contributed by atoms with Gasteiger partial charge < -0.3 is 15.0 Å². The molecule has 28 heavy (non-hydrogen) atoms. The number of thiophene rings is 1. The summed E-state index contributed by atoms with van der Waals surface area (Å²) in [5.74, 6) is 0.450. The minimum absolute atomic E-state index is 0.153. The Hall–Kier alpha value is -2.06. The number of carbonyl (C=O) groups excluding carboxylic acids is 2. The van der Waals surface area contributed by atoms with Crippen molar-refractivity contribution in [3.63, 3.8) is 0 Å². The number of halogens is 1. The third kappa shape index (κ3) is 5.05. The van der Waals surface area contributed by atoms with E-state index in [2.05, 4.69) is 10.4 Å². The van der Waals surface area contributed by atoms with E-state index in [1.807, 2.05) is 39.0 Å². The van der Waals surface area contributed by atoms with Crippen LogP contribution in [0.5, 0.6) is 0 Å². The fourth-order valence-corrected chi connectivity index (χ4v) is 4.17. The largest absolute Gasteiger partial charge is 0.444 e. The number of anilines is 1. The number of amides is 2. The van der Waals surface area contributed by atoms with Gasteiger partial charge in [0.2, 0.25) is 5.91 Å². The Morgan fingerprint density at radius 2 is 2.14 bits per heavy atom. The van der Waals surface area contributed by atoms with Gasteiger partial charge in [-0.3, -0.25) is 9.48 Å². The number of rotatable bonds is 4. The highest BCUT2D eigenvalue weighted by atomic mass is 35.5. The SMILES string of the molecule is Cn1nc(-c2ccc(Cl)s2)cc1NC(=O)CC1CCCN1C(=O)OC(C)(C)C. The highest BCUT2D eigenvalue weighted by Crippen LogP contribution is 2.31. The molecular formula is C19H25ClN4O3S. The van der Waals surface area contributed by atoms with E-state index in [1.165, 1.54) is 11.3 Å². The van der Waals surface area contributed by atoms with E-state index < -0.39 is 5.60 Å². The molecule has 1 N–H and O–H groups in total. The Bertz CT molecular complexity index is 871. The first-order valence-corrected chi connectivity index (χ1v) is 10.4. The van der Waals surface area contributed by atoms with Gasteiger partial charge in [0.25, 0.3) is 0 Å².